The quantitative estimate of drug-likeness (QED) is 0.693. The van der Waals surface area contributed by atoms with E-state index in [1.807, 2.05) is 0 Å². The molecular weight excluding hydrogens is 196 g/mol. The Balaban J connectivity index is 1.97. The van der Waals surface area contributed by atoms with Gasteiger partial charge < -0.3 is 10.6 Å². The first kappa shape index (κ1) is 10.0. The summed E-state index contributed by atoms with van der Waals surface area (Å²) in [6.07, 6.45) is 6.69. The molecule has 0 atom stereocenters. The van der Waals surface area contributed by atoms with Crippen molar-refractivity contribution in [2.75, 3.05) is 17.2 Å². The van der Waals surface area contributed by atoms with E-state index in [0.29, 0.717) is 5.54 Å². The van der Waals surface area contributed by atoms with E-state index in [0.717, 1.165) is 6.54 Å². The Labute approximate surface area is 97.4 Å². The third-order valence-corrected chi connectivity index (χ3v) is 4.14. The molecule has 3 rings (SSSR count). The van der Waals surface area contributed by atoms with Gasteiger partial charge in [0, 0.05) is 12.1 Å². The summed E-state index contributed by atoms with van der Waals surface area (Å²) in [5, 5.41) is 7.40. The summed E-state index contributed by atoms with van der Waals surface area (Å²) >= 11 is 0. The van der Waals surface area contributed by atoms with Crippen LogP contribution in [-0.2, 0) is 0 Å². The number of rotatable bonds is 0. The molecule has 1 fully saturated rings. The van der Waals surface area contributed by atoms with Crippen molar-refractivity contribution >= 4 is 11.4 Å². The normalized spacial score (nSPS) is 22.1. The molecule has 1 heterocycles. The van der Waals surface area contributed by atoms with E-state index < -0.39 is 0 Å². The average Bonchev–Trinajstić information content (AvgIpc) is 2.61. The monoisotopic (exact) mass is 216 g/mol. The van der Waals surface area contributed by atoms with Crippen molar-refractivity contribution in [3.05, 3.63) is 23.8 Å². The van der Waals surface area contributed by atoms with Crippen LogP contribution in [0.3, 0.4) is 0 Å². The van der Waals surface area contributed by atoms with Gasteiger partial charge in [0.1, 0.15) is 0 Å². The predicted molar refractivity (Wildman–Crippen MR) is 69.1 cm³/mol. The van der Waals surface area contributed by atoms with Gasteiger partial charge in [-0.1, -0.05) is 25.0 Å². The third-order valence-electron chi connectivity index (χ3n) is 4.14. The lowest BCUT2D eigenvalue weighted by Crippen LogP contribution is -2.35. The first-order chi connectivity index (χ1) is 7.79. The van der Waals surface area contributed by atoms with E-state index in [1.165, 1.54) is 49.0 Å². The SMILES string of the molecule is Cc1cccc2c1NCCC1(CCCC1)N2. The Bertz CT molecular complexity index is 392. The summed E-state index contributed by atoms with van der Waals surface area (Å²) in [6.45, 7) is 3.28. The molecule has 0 saturated heterocycles. The molecule has 0 unspecified atom stereocenters. The Morgan fingerprint density at radius 1 is 1.12 bits per heavy atom. The van der Waals surface area contributed by atoms with Crippen molar-refractivity contribution in [1.82, 2.24) is 0 Å². The highest BCUT2D eigenvalue weighted by Gasteiger charge is 2.35. The topological polar surface area (TPSA) is 24.1 Å². The zero-order valence-electron chi connectivity index (χ0n) is 9.97. The highest BCUT2D eigenvalue weighted by atomic mass is 15.1. The predicted octanol–water partition coefficient (Wildman–Crippen LogP) is 3.54. The second-order valence-electron chi connectivity index (χ2n) is 5.29. The lowest BCUT2D eigenvalue weighted by molar-refractivity contribution is 0.461. The molecule has 1 aromatic rings. The van der Waals surface area contributed by atoms with E-state index >= 15 is 0 Å². The minimum Gasteiger partial charge on any atom is -0.383 e. The highest BCUT2D eigenvalue weighted by Crippen LogP contribution is 2.40. The number of benzene rings is 1. The molecule has 1 aliphatic carbocycles. The molecular formula is C14H20N2. The van der Waals surface area contributed by atoms with E-state index in [2.05, 4.69) is 35.8 Å². The van der Waals surface area contributed by atoms with Crippen LogP contribution in [0.2, 0.25) is 0 Å². The number of hydrogen-bond acceptors (Lipinski definition) is 2. The van der Waals surface area contributed by atoms with Crippen LogP contribution in [0.5, 0.6) is 0 Å². The molecule has 1 spiro atoms. The molecule has 1 aromatic carbocycles. The van der Waals surface area contributed by atoms with Crippen LogP contribution < -0.4 is 10.6 Å². The molecule has 16 heavy (non-hydrogen) atoms. The molecule has 0 amide bonds. The summed E-state index contributed by atoms with van der Waals surface area (Å²) < 4.78 is 0. The molecule has 2 N–H and O–H groups in total. The molecule has 2 heteroatoms. The number of nitrogens with one attached hydrogen (secondary N) is 2. The number of anilines is 2. The minimum absolute atomic E-state index is 0.381. The fourth-order valence-electron chi connectivity index (χ4n) is 3.21. The van der Waals surface area contributed by atoms with E-state index in [4.69, 9.17) is 0 Å². The van der Waals surface area contributed by atoms with Crippen LogP contribution >= 0.6 is 0 Å². The minimum atomic E-state index is 0.381. The van der Waals surface area contributed by atoms with E-state index in [-0.39, 0.29) is 0 Å². The van der Waals surface area contributed by atoms with Gasteiger partial charge in [0.25, 0.3) is 0 Å². The van der Waals surface area contributed by atoms with Crippen molar-refractivity contribution in [3.8, 4) is 0 Å². The molecule has 2 aliphatic rings. The van der Waals surface area contributed by atoms with Crippen LogP contribution in [-0.4, -0.2) is 12.1 Å². The Morgan fingerprint density at radius 3 is 2.75 bits per heavy atom. The van der Waals surface area contributed by atoms with Crippen LogP contribution in [0.25, 0.3) is 0 Å². The molecule has 0 bridgehead atoms. The molecule has 2 nitrogen and oxygen atoms in total. The standard InChI is InChI=1S/C14H20N2/c1-11-5-4-6-12-13(11)15-10-9-14(16-12)7-2-3-8-14/h4-6,15-16H,2-3,7-10H2,1H3. The molecule has 0 aromatic heterocycles. The largest absolute Gasteiger partial charge is 0.383 e. The van der Waals surface area contributed by atoms with Crippen molar-refractivity contribution in [2.45, 2.75) is 44.6 Å². The Kier molecular flexibility index (Phi) is 2.31. The smallest absolute Gasteiger partial charge is 0.0605 e. The lowest BCUT2D eigenvalue weighted by atomic mass is 9.93. The maximum atomic E-state index is 3.81. The number of aryl methyl sites for hydroxylation is 1. The zero-order chi connectivity index (χ0) is 11.0. The van der Waals surface area contributed by atoms with E-state index in [1.54, 1.807) is 0 Å². The molecule has 1 saturated carbocycles. The van der Waals surface area contributed by atoms with Gasteiger partial charge in [0.05, 0.1) is 11.4 Å². The third kappa shape index (κ3) is 1.57. The first-order valence-electron chi connectivity index (χ1n) is 6.41. The summed E-state index contributed by atoms with van der Waals surface area (Å²) in [5.41, 5.74) is 4.34. The summed E-state index contributed by atoms with van der Waals surface area (Å²) in [5.74, 6) is 0. The zero-order valence-corrected chi connectivity index (χ0v) is 9.97. The van der Waals surface area contributed by atoms with Gasteiger partial charge in [-0.2, -0.15) is 0 Å². The second kappa shape index (κ2) is 3.69. The van der Waals surface area contributed by atoms with Crippen LogP contribution in [0.15, 0.2) is 18.2 Å². The van der Waals surface area contributed by atoms with Crippen molar-refractivity contribution in [1.29, 1.82) is 0 Å². The number of hydrogen-bond donors (Lipinski definition) is 2. The molecule has 86 valence electrons. The first-order valence-corrected chi connectivity index (χ1v) is 6.41. The van der Waals surface area contributed by atoms with E-state index in [9.17, 15) is 0 Å². The van der Waals surface area contributed by atoms with Gasteiger partial charge in [-0.25, -0.2) is 0 Å². The fraction of sp³-hybridized carbons (Fsp3) is 0.571. The highest BCUT2D eigenvalue weighted by molar-refractivity contribution is 5.74. The van der Waals surface area contributed by atoms with Gasteiger partial charge in [-0.3, -0.25) is 0 Å². The van der Waals surface area contributed by atoms with Crippen molar-refractivity contribution in [2.24, 2.45) is 0 Å². The molecule has 0 radical (unpaired) electrons. The van der Waals surface area contributed by atoms with Crippen molar-refractivity contribution in [3.63, 3.8) is 0 Å². The van der Waals surface area contributed by atoms with Gasteiger partial charge in [0.15, 0.2) is 0 Å². The number of fused-ring (bicyclic) bond motifs is 1. The second-order valence-corrected chi connectivity index (χ2v) is 5.29. The molecule has 1 aliphatic heterocycles. The van der Waals surface area contributed by atoms with Crippen LogP contribution in [0, 0.1) is 6.92 Å². The summed E-state index contributed by atoms with van der Waals surface area (Å²) in [7, 11) is 0. The Hall–Kier alpha value is -1.18. The maximum absolute atomic E-state index is 3.81. The summed E-state index contributed by atoms with van der Waals surface area (Å²) in [6, 6.07) is 6.54. The average molecular weight is 216 g/mol. The van der Waals surface area contributed by atoms with Gasteiger partial charge in [-0.15, -0.1) is 0 Å². The van der Waals surface area contributed by atoms with Gasteiger partial charge in [-0.05, 0) is 37.8 Å². The maximum Gasteiger partial charge on any atom is 0.0605 e. The van der Waals surface area contributed by atoms with Crippen LogP contribution in [0.4, 0.5) is 11.4 Å². The van der Waals surface area contributed by atoms with Crippen molar-refractivity contribution < 1.29 is 0 Å². The summed E-state index contributed by atoms with van der Waals surface area (Å²) in [4.78, 5) is 0. The lowest BCUT2D eigenvalue weighted by Gasteiger charge is -2.29. The number of para-hydroxylation sites is 1. The van der Waals surface area contributed by atoms with Gasteiger partial charge in [0.2, 0.25) is 0 Å². The van der Waals surface area contributed by atoms with Gasteiger partial charge >= 0.3 is 0 Å². The Morgan fingerprint density at radius 2 is 1.94 bits per heavy atom. The fourth-order valence-corrected chi connectivity index (χ4v) is 3.21. The van der Waals surface area contributed by atoms with Crippen LogP contribution in [0.1, 0.15) is 37.7 Å².